The van der Waals surface area contributed by atoms with Gasteiger partial charge in [0.2, 0.25) is 0 Å². The number of aromatic nitrogens is 1. The summed E-state index contributed by atoms with van der Waals surface area (Å²) >= 11 is 0.760. The number of hydrogen-bond acceptors (Lipinski definition) is 1. The first-order valence-corrected chi connectivity index (χ1v) is 8.85. The van der Waals surface area contributed by atoms with E-state index in [1.807, 2.05) is 6.07 Å². The third-order valence-corrected chi connectivity index (χ3v) is 6.77. The van der Waals surface area contributed by atoms with Gasteiger partial charge in [0.1, 0.15) is 0 Å². The van der Waals surface area contributed by atoms with E-state index in [4.69, 9.17) is 5.11 Å². The van der Waals surface area contributed by atoms with E-state index in [-0.39, 0.29) is 21.1 Å². The molecule has 0 amide bonds. The zero-order valence-electron chi connectivity index (χ0n) is 9.01. The van der Waals surface area contributed by atoms with E-state index >= 15 is 0 Å². The number of aromatic amines is 1. The topological polar surface area (TPSA) is 36.0 Å². The molecule has 86 valence electrons. The van der Waals surface area contributed by atoms with E-state index in [2.05, 4.69) is 40.3 Å². The summed E-state index contributed by atoms with van der Waals surface area (Å²) in [4.78, 5) is 5.71. The van der Waals surface area contributed by atoms with Gasteiger partial charge in [-0.25, -0.2) is 0 Å². The average Bonchev–Trinajstić information content (AvgIpc) is 3.09. The first-order chi connectivity index (χ1) is 8.36. The summed E-state index contributed by atoms with van der Waals surface area (Å²) in [6.07, 6.45) is 0. The number of hydrogen-bond donors (Lipinski definition) is 2. The molecule has 2 nitrogen and oxygen atoms in total. The normalized spacial score (nSPS) is 10.9. The second-order valence-electron chi connectivity index (χ2n) is 3.69. The number of aliphatic hydroxyl groups is 1. The summed E-state index contributed by atoms with van der Waals surface area (Å²) in [6, 6.07) is 12.8. The molecule has 3 aromatic heterocycles. The molecule has 2 N–H and O–H groups in total. The van der Waals surface area contributed by atoms with Gasteiger partial charge in [-0.05, 0) is 0 Å². The fraction of sp³-hybridized carbons (Fsp3) is 0.0769. The Morgan fingerprint density at radius 2 is 1.82 bits per heavy atom. The summed E-state index contributed by atoms with van der Waals surface area (Å²) in [5.74, 6) is 0. The molecular formula is C13H11NOSe2. The number of nitrogens with one attached hydrogen (secondary N) is 1. The van der Waals surface area contributed by atoms with Gasteiger partial charge in [0, 0.05) is 0 Å². The first kappa shape index (κ1) is 11.3. The van der Waals surface area contributed by atoms with Crippen LogP contribution in [-0.4, -0.2) is 39.1 Å². The fourth-order valence-corrected chi connectivity index (χ4v) is 4.98. The Morgan fingerprint density at radius 3 is 2.47 bits per heavy atom. The van der Waals surface area contributed by atoms with Gasteiger partial charge < -0.3 is 0 Å². The van der Waals surface area contributed by atoms with Crippen LogP contribution in [-0.2, 0) is 6.61 Å². The Balaban J connectivity index is 1.94. The van der Waals surface area contributed by atoms with Crippen LogP contribution < -0.4 is 0 Å². The zero-order valence-corrected chi connectivity index (χ0v) is 12.4. The van der Waals surface area contributed by atoms with Crippen molar-refractivity contribution in [1.29, 1.82) is 0 Å². The van der Waals surface area contributed by atoms with Gasteiger partial charge in [-0.3, -0.25) is 0 Å². The quantitative estimate of drug-likeness (QED) is 0.693. The van der Waals surface area contributed by atoms with Crippen molar-refractivity contribution in [3.63, 3.8) is 0 Å². The van der Waals surface area contributed by atoms with Gasteiger partial charge in [0.25, 0.3) is 0 Å². The zero-order chi connectivity index (χ0) is 11.7. The minimum atomic E-state index is 0.186. The van der Waals surface area contributed by atoms with Gasteiger partial charge in [-0.1, -0.05) is 0 Å². The molecule has 0 spiro atoms. The van der Waals surface area contributed by atoms with Crippen LogP contribution in [0.25, 0.3) is 20.3 Å². The molecule has 3 rings (SSSR count). The van der Waals surface area contributed by atoms with Gasteiger partial charge >= 0.3 is 112 Å². The molecule has 0 saturated carbocycles. The van der Waals surface area contributed by atoms with Crippen LogP contribution in [0.2, 0.25) is 0 Å². The maximum atomic E-state index is 9.10. The monoisotopic (exact) mass is 357 g/mol. The maximum absolute atomic E-state index is 9.10. The molecule has 3 aromatic rings. The summed E-state index contributed by atoms with van der Waals surface area (Å²) in [5, 5.41) is 9.10. The van der Waals surface area contributed by atoms with E-state index < -0.39 is 0 Å². The molecule has 3 heterocycles. The van der Waals surface area contributed by atoms with Crippen LogP contribution in [0.3, 0.4) is 0 Å². The molecule has 0 aliphatic carbocycles. The van der Waals surface area contributed by atoms with Crippen LogP contribution in [0.1, 0.15) is 4.44 Å². The molecule has 0 saturated heterocycles. The standard InChI is InChI=1S/C13H11NOSe2/c15-8-9-3-6-13(17-9)11-5-4-10(14-11)12-2-1-7-16-12/h1-7,14-15H,8H2. The molecule has 0 aliphatic heterocycles. The second kappa shape index (κ2) is 4.85. The van der Waals surface area contributed by atoms with Crippen LogP contribution in [0.5, 0.6) is 0 Å². The second-order valence-corrected chi connectivity index (χ2v) is 8.13. The van der Waals surface area contributed by atoms with E-state index in [1.54, 1.807) is 0 Å². The van der Waals surface area contributed by atoms with Crippen molar-refractivity contribution in [2.24, 2.45) is 0 Å². The number of rotatable bonds is 3. The molecule has 4 heteroatoms. The molecule has 0 aromatic carbocycles. The molecular weight excluding hydrogens is 344 g/mol. The van der Waals surface area contributed by atoms with Crippen molar-refractivity contribution in [2.75, 3.05) is 0 Å². The molecule has 17 heavy (non-hydrogen) atoms. The van der Waals surface area contributed by atoms with E-state index in [0.717, 1.165) is 4.44 Å². The van der Waals surface area contributed by atoms with Gasteiger partial charge in [-0.2, -0.15) is 0 Å². The van der Waals surface area contributed by atoms with Crippen molar-refractivity contribution in [3.8, 4) is 20.3 Å². The van der Waals surface area contributed by atoms with Crippen molar-refractivity contribution in [2.45, 2.75) is 6.61 Å². The van der Waals surface area contributed by atoms with Crippen LogP contribution >= 0.6 is 0 Å². The van der Waals surface area contributed by atoms with Crippen LogP contribution in [0, 0.1) is 0 Å². The van der Waals surface area contributed by atoms with Crippen LogP contribution in [0.4, 0.5) is 0 Å². The van der Waals surface area contributed by atoms with Crippen molar-refractivity contribution in [3.05, 3.63) is 45.8 Å². The molecule has 0 bridgehead atoms. The van der Waals surface area contributed by atoms with Crippen LogP contribution in [0.15, 0.2) is 41.3 Å². The van der Waals surface area contributed by atoms with E-state index in [1.165, 1.54) is 20.3 Å². The number of H-pyrrole nitrogens is 1. The van der Waals surface area contributed by atoms with Crippen molar-refractivity contribution >= 4 is 29.0 Å². The molecule has 0 atom stereocenters. The summed E-state index contributed by atoms with van der Waals surface area (Å²) < 4.78 is 3.88. The van der Waals surface area contributed by atoms with E-state index in [0.29, 0.717) is 14.5 Å². The summed E-state index contributed by atoms with van der Waals surface area (Å²) in [5.41, 5.74) is 2.43. The predicted molar refractivity (Wildman–Crippen MR) is 71.5 cm³/mol. The Hall–Kier alpha value is -0.761. The fourth-order valence-electron chi connectivity index (χ4n) is 1.72. The van der Waals surface area contributed by atoms with E-state index in [9.17, 15) is 0 Å². The predicted octanol–water partition coefficient (Wildman–Crippen LogP) is 1.95. The third kappa shape index (κ3) is 2.28. The first-order valence-electron chi connectivity index (χ1n) is 5.29. The third-order valence-electron chi connectivity index (χ3n) is 2.56. The van der Waals surface area contributed by atoms with Crippen molar-refractivity contribution in [1.82, 2.24) is 4.98 Å². The average molecular weight is 355 g/mol. The molecule has 0 unspecified atom stereocenters. The summed E-state index contributed by atoms with van der Waals surface area (Å²) in [7, 11) is 0. The molecule has 0 aliphatic rings. The van der Waals surface area contributed by atoms with Crippen molar-refractivity contribution < 1.29 is 5.11 Å². The molecule has 0 radical (unpaired) electrons. The minimum absolute atomic E-state index is 0.186. The van der Waals surface area contributed by atoms with Gasteiger partial charge in [-0.15, -0.1) is 0 Å². The SMILES string of the molecule is OCc1ccc(-c2ccc(-c3ccc[se]3)[nH]2)[se]1. The Kier molecular flexibility index (Phi) is 3.23. The number of aliphatic hydroxyl groups excluding tert-OH is 1. The van der Waals surface area contributed by atoms with Gasteiger partial charge in [0.05, 0.1) is 0 Å². The molecule has 0 fully saturated rings. The Labute approximate surface area is 111 Å². The summed E-state index contributed by atoms with van der Waals surface area (Å²) in [6.45, 7) is 0.186. The van der Waals surface area contributed by atoms with Gasteiger partial charge in [0.15, 0.2) is 0 Å². The Bertz CT molecular complexity index is 607. The Morgan fingerprint density at radius 1 is 1.00 bits per heavy atom.